The summed E-state index contributed by atoms with van der Waals surface area (Å²) in [7, 11) is 0. The van der Waals surface area contributed by atoms with Crippen molar-refractivity contribution in [1.29, 1.82) is 0 Å². The van der Waals surface area contributed by atoms with Crippen LogP contribution in [0.3, 0.4) is 0 Å². The molecule has 1 aromatic carbocycles. The molecular formula is C21H28O6. The first-order valence-electron chi connectivity index (χ1n) is 9.63. The predicted molar refractivity (Wildman–Crippen MR) is 96.8 cm³/mol. The molecule has 1 saturated heterocycles. The average molecular weight is 376 g/mol. The summed E-state index contributed by atoms with van der Waals surface area (Å²) in [5.74, 6) is -1.85. The molecule has 4 rings (SSSR count). The maximum absolute atomic E-state index is 13.0. The maximum Gasteiger partial charge on any atom is 0.312 e. The van der Waals surface area contributed by atoms with Crippen molar-refractivity contribution in [2.45, 2.75) is 82.9 Å². The van der Waals surface area contributed by atoms with Crippen LogP contribution in [-0.4, -0.2) is 40.8 Å². The number of aliphatic hydroxyl groups is 1. The van der Waals surface area contributed by atoms with Gasteiger partial charge < -0.3 is 24.1 Å². The molecule has 3 aliphatic rings. The lowest BCUT2D eigenvalue weighted by atomic mass is 9.73. The zero-order valence-corrected chi connectivity index (χ0v) is 16.5. The van der Waals surface area contributed by atoms with Crippen molar-refractivity contribution in [3.05, 3.63) is 35.4 Å². The summed E-state index contributed by atoms with van der Waals surface area (Å²) < 4.78 is 24.4. The second kappa shape index (κ2) is 6.27. The number of cyclic esters (lactones) is 1. The minimum atomic E-state index is -0.941. The van der Waals surface area contributed by atoms with Crippen LogP contribution in [0, 0.1) is 5.92 Å². The second-order valence-corrected chi connectivity index (χ2v) is 8.53. The van der Waals surface area contributed by atoms with Gasteiger partial charge in [0.2, 0.25) is 0 Å². The van der Waals surface area contributed by atoms with Crippen LogP contribution in [-0.2, 0) is 23.7 Å². The number of carbonyl (C=O) groups excluding carboxylic acids is 1. The van der Waals surface area contributed by atoms with Gasteiger partial charge in [0.1, 0.15) is 23.9 Å². The summed E-state index contributed by atoms with van der Waals surface area (Å²) in [6.07, 6.45) is -2.42. The van der Waals surface area contributed by atoms with E-state index in [1.165, 1.54) is 0 Å². The van der Waals surface area contributed by atoms with E-state index in [0.717, 1.165) is 11.1 Å². The minimum absolute atomic E-state index is 0.214. The highest BCUT2D eigenvalue weighted by Crippen LogP contribution is 2.49. The van der Waals surface area contributed by atoms with Gasteiger partial charge in [-0.05, 0) is 52.2 Å². The quantitative estimate of drug-likeness (QED) is 0.702. The number of hydrogen-bond donors (Lipinski definition) is 1. The van der Waals surface area contributed by atoms with Gasteiger partial charge in [-0.3, -0.25) is 4.79 Å². The van der Waals surface area contributed by atoms with Crippen molar-refractivity contribution in [3.63, 3.8) is 0 Å². The van der Waals surface area contributed by atoms with Gasteiger partial charge in [-0.2, -0.15) is 0 Å². The number of benzene rings is 1. The number of carbonyl (C=O) groups is 1. The monoisotopic (exact) mass is 376 g/mol. The summed E-state index contributed by atoms with van der Waals surface area (Å²) in [5.41, 5.74) is 0.984. The van der Waals surface area contributed by atoms with Crippen LogP contribution >= 0.6 is 0 Å². The van der Waals surface area contributed by atoms with Crippen LogP contribution < -0.4 is 0 Å². The zero-order valence-electron chi connectivity index (χ0n) is 16.5. The van der Waals surface area contributed by atoms with E-state index in [2.05, 4.69) is 0 Å². The Hall–Kier alpha value is -1.47. The van der Waals surface area contributed by atoms with Crippen molar-refractivity contribution in [2.75, 3.05) is 0 Å². The first-order valence-corrected chi connectivity index (χ1v) is 9.63. The maximum atomic E-state index is 13.0. The molecule has 7 atom stereocenters. The van der Waals surface area contributed by atoms with Crippen LogP contribution in [0.4, 0.5) is 0 Å². The van der Waals surface area contributed by atoms with Gasteiger partial charge >= 0.3 is 5.97 Å². The van der Waals surface area contributed by atoms with Gasteiger partial charge in [0.15, 0.2) is 5.79 Å². The Morgan fingerprint density at radius 2 is 1.70 bits per heavy atom. The molecular weight excluding hydrogens is 348 g/mol. The molecule has 1 aromatic rings. The van der Waals surface area contributed by atoms with Crippen LogP contribution in [0.2, 0.25) is 0 Å². The topological polar surface area (TPSA) is 74.2 Å². The Bertz CT molecular complexity index is 746. The standard InChI is InChI=1S/C21H28O6/c1-11-13-8-6-7-9-14(13)12(2)25-19(23)15-10-16(22)21(5)18(17(15)24-11)26-20(3,4)27-21/h6-9,11-12,15-18,22H,10H2,1-5H3/t11-,12+,15+,16+,17+,18-,21+/m1/s1. The number of aliphatic hydroxyl groups excluding tert-OH is 1. The number of fused-ring (bicyclic) bond motifs is 4. The lowest BCUT2D eigenvalue weighted by molar-refractivity contribution is -0.200. The largest absolute Gasteiger partial charge is 0.457 e. The van der Waals surface area contributed by atoms with E-state index in [-0.39, 0.29) is 24.6 Å². The Kier molecular flexibility index (Phi) is 4.38. The smallest absolute Gasteiger partial charge is 0.312 e. The summed E-state index contributed by atoms with van der Waals surface area (Å²) in [5, 5.41) is 10.8. The molecule has 27 heavy (non-hydrogen) atoms. The van der Waals surface area contributed by atoms with E-state index in [9.17, 15) is 9.90 Å². The third-order valence-electron chi connectivity index (χ3n) is 6.10. The third-order valence-corrected chi connectivity index (χ3v) is 6.10. The number of ether oxygens (including phenoxy) is 4. The van der Waals surface area contributed by atoms with Crippen LogP contribution in [0.5, 0.6) is 0 Å². The Morgan fingerprint density at radius 3 is 2.37 bits per heavy atom. The zero-order chi connectivity index (χ0) is 19.6. The molecule has 6 nitrogen and oxygen atoms in total. The summed E-state index contributed by atoms with van der Waals surface area (Å²) in [4.78, 5) is 13.0. The number of hydrogen-bond acceptors (Lipinski definition) is 6. The number of rotatable bonds is 0. The Labute approximate surface area is 159 Å². The second-order valence-electron chi connectivity index (χ2n) is 8.53. The number of esters is 1. The molecule has 1 aliphatic carbocycles. The highest BCUT2D eigenvalue weighted by atomic mass is 16.8. The van der Waals surface area contributed by atoms with E-state index in [1.54, 1.807) is 0 Å². The fraction of sp³-hybridized carbons (Fsp3) is 0.667. The van der Waals surface area contributed by atoms with E-state index in [4.69, 9.17) is 18.9 Å². The molecule has 0 radical (unpaired) electrons. The lowest BCUT2D eigenvalue weighted by Gasteiger charge is -2.45. The first-order chi connectivity index (χ1) is 12.6. The van der Waals surface area contributed by atoms with Crippen LogP contribution in [0.1, 0.15) is 64.4 Å². The van der Waals surface area contributed by atoms with Crippen LogP contribution in [0.15, 0.2) is 24.3 Å². The molecule has 0 bridgehead atoms. The average Bonchev–Trinajstić information content (AvgIpc) is 2.88. The molecule has 1 N–H and O–H groups in total. The molecule has 0 amide bonds. The van der Waals surface area contributed by atoms with Crippen molar-refractivity contribution >= 4 is 5.97 Å². The van der Waals surface area contributed by atoms with E-state index in [0.29, 0.717) is 0 Å². The molecule has 2 heterocycles. The van der Waals surface area contributed by atoms with Crippen molar-refractivity contribution < 1.29 is 28.8 Å². The molecule has 1 saturated carbocycles. The summed E-state index contributed by atoms with van der Waals surface area (Å²) in [6, 6.07) is 7.84. The predicted octanol–water partition coefficient (Wildman–Crippen LogP) is 3.04. The SMILES string of the molecule is C[C@@H]1OC(=O)[C@H]2C[C@H](O)[C@]3(C)OC(C)(C)O[C@@H]3[C@H]2O[C@H](C)c2ccccc21. The summed E-state index contributed by atoms with van der Waals surface area (Å²) >= 11 is 0. The van der Waals surface area contributed by atoms with E-state index < -0.39 is 35.6 Å². The van der Waals surface area contributed by atoms with E-state index in [1.807, 2.05) is 58.9 Å². The van der Waals surface area contributed by atoms with Gasteiger partial charge in [0, 0.05) is 0 Å². The molecule has 0 spiro atoms. The molecule has 2 aliphatic heterocycles. The first kappa shape index (κ1) is 18.9. The molecule has 148 valence electrons. The van der Waals surface area contributed by atoms with E-state index >= 15 is 0 Å². The summed E-state index contributed by atoms with van der Waals surface area (Å²) in [6.45, 7) is 9.29. The minimum Gasteiger partial charge on any atom is -0.457 e. The Morgan fingerprint density at radius 1 is 1.07 bits per heavy atom. The fourth-order valence-corrected chi connectivity index (χ4v) is 4.79. The van der Waals surface area contributed by atoms with Gasteiger partial charge in [0.05, 0.1) is 18.1 Å². The normalized spacial score (nSPS) is 43.4. The Balaban J connectivity index is 1.77. The van der Waals surface area contributed by atoms with Gasteiger partial charge in [-0.15, -0.1) is 0 Å². The van der Waals surface area contributed by atoms with Crippen molar-refractivity contribution in [3.8, 4) is 0 Å². The third kappa shape index (κ3) is 2.99. The van der Waals surface area contributed by atoms with Crippen molar-refractivity contribution in [2.24, 2.45) is 5.92 Å². The fourth-order valence-electron chi connectivity index (χ4n) is 4.79. The van der Waals surface area contributed by atoms with Gasteiger partial charge in [0.25, 0.3) is 0 Å². The highest BCUT2D eigenvalue weighted by Gasteiger charge is 2.63. The molecule has 6 heteroatoms. The molecule has 2 fully saturated rings. The lowest BCUT2D eigenvalue weighted by Crippen LogP contribution is -2.62. The van der Waals surface area contributed by atoms with Gasteiger partial charge in [-0.25, -0.2) is 0 Å². The highest BCUT2D eigenvalue weighted by molar-refractivity contribution is 5.74. The van der Waals surface area contributed by atoms with Crippen molar-refractivity contribution in [1.82, 2.24) is 0 Å². The van der Waals surface area contributed by atoms with Crippen LogP contribution in [0.25, 0.3) is 0 Å². The van der Waals surface area contributed by atoms with Gasteiger partial charge in [-0.1, -0.05) is 24.3 Å². The molecule has 0 unspecified atom stereocenters. The molecule has 0 aromatic heterocycles.